The van der Waals surface area contributed by atoms with Crippen LogP contribution in [0.5, 0.6) is 0 Å². The number of hydrogen-bond acceptors (Lipinski definition) is 0. The van der Waals surface area contributed by atoms with Gasteiger partial charge in [-0.15, -0.1) is 0 Å². The Balaban J connectivity index is 0. The van der Waals surface area contributed by atoms with Gasteiger partial charge in [0.1, 0.15) is 0 Å². The van der Waals surface area contributed by atoms with Gasteiger partial charge in [-0.25, -0.2) is 0 Å². The second kappa shape index (κ2) is 9.91. The summed E-state index contributed by atoms with van der Waals surface area (Å²) in [7, 11) is 0. The zero-order chi connectivity index (χ0) is 4.83. The molecular weight excluding hydrogens is 198 g/mol. The molecule has 45 valence electrons. The molecule has 0 amide bonds. The Kier molecular flexibility index (Phi) is 15.2. The van der Waals surface area contributed by atoms with Gasteiger partial charge in [-0.2, -0.15) is 0 Å². The Morgan fingerprint density at radius 3 is 2.00 bits per heavy atom. The van der Waals surface area contributed by atoms with Gasteiger partial charge in [-0.1, -0.05) is 0 Å². The molecule has 0 heterocycles. The molecule has 0 saturated carbocycles. The molecule has 0 bridgehead atoms. The van der Waals surface area contributed by atoms with Gasteiger partial charge in [0.15, 0.2) is 0 Å². The third-order valence-corrected chi connectivity index (χ3v) is 1.79. The van der Waals surface area contributed by atoms with Crippen molar-refractivity contribution in [3.05, 3.63) is 0 Å². The summed E-state index contributed by atoms with van der Waals surface area (Å²) >= 11 is 1.69. The molecule has 0 fully saturated rings. The molecule has 0 aromatic heterocycles. The Morgan fingerprint density at radius 2 is 1.86 bits per heavy atom. The first-order chi connectivity index (χ1) is 2.91. The first-order valence-electron chi connectivity index (χ1n) is 2.56. The van der Waals surface area contributed by atoms with E-state index in [4.69, 9.17) is 0 Å². The molecule has 1 radical (unpaired) electrons. The Morgan fingerprint density at radius 1 is 1.29 bits per heavy atom. The van der Waals surface area contributed by atoms with Gasteiger partial charge in [-0.3, -0.25) is 0 Å². The molecule has 0 saturated heterocycles. The van der Waals surface area contributed by atoms with Crippen LogP contribution in [0.4, 0.5) is 0 Å². The van der Waals surface area contributed by atoms with Crippen LogP contribution < -0.4 is 0 Å². The molecule has 0 aliphatic rings. The molecule has 0 aromatic carbocycles. The van der Waals surface area contributed by atoms with E-state index in [-0.39, 0.29) is 5.48 Å². The van der Waals surface area contributed by atoms with Crippen molar-refractivity contribution in [2.45, 2.75) is 30.6 Å². The minimum atomic E-state index is 0. The average Bonchev–Trinajstić information content (AvgIpc) is 1.61. The molecule has 0 rings (SSSR count). The molecular formula is C5H14OSb. The normalized spacial score (nSPS) is 7.71. The van der Waals surface area contributed by atoms with Crippen LogP contribution in [-0.2, 0) is 0 Å². The zero-order valence-corrected chi connectivity index (χ0v) is 7.68. The van der Waals surface area contributed by atoms with Gasteiger partial charge in [0, 0.05) is 0 Å². The second-order valence-electron chi connectivity index (χ2n) is 1.46. The van der Waals surface area contributed by atoms with E-state index in [0.29, 0.717) is 0 Å². The summed E-state index contributed by atoms with van der Waals surface area (Å²) in [5.74, 6) is 0. The fraction of sp³-hybridized carbons (Fsp3) is 1.00. The van der Waals surface area contributed by atoms with E-state index in [1.54, 1.807) is 23.0 Å². The Bertz CT molecular complexity index is 20.0. The summed E-state index contributed by atoms with van der Waals surface area (Å²) in [5, 5.41) is 0. The Hall–Kier alpha value is 0.778. The standard InChI is InChI=1S/C5H11.H2O.Sb.H/c1-3-5-4-2;;;/h1,3-5H2,2H3;1H2;;. The van der Waals surface area contributed by atoms with E-state index in [9.17, 15) is 0 Å². The van der Waals surface area contributed by atoms with Crippen LogP contribution in [0.15, 0.2) is 0 Å². The maximum atomic E-state index is 2.24. The minimum Gasteiger partial charge on any atom is -0.412 e. The fourth-order valence-corrected chi connectivity index (χ4v) is 1.09. The van der Waals surface area contributed by atoms with Gasteiger partial charge in [-0.05, 0) is 0 Å². The zero-order valence-electron chi connectivity index (χ0n) is 4.83. The van der Waals surface area contributed by atoms with Crippen LogP contribution >= 0.6 is 0 Å². The number of unbranched alkanes of at least 4 members (excludes halogenated alkanes) is 2. The van der Waals surface area contributed by atoms with E-state index in [1.165, 1.54) is 23.6 Å². The van der Waals surface area contributed by atoms with Gasteiger partial charge >= 0.3 is 53.6 Å². The van der Waals surface area contributed by atoms with Crippen molar-refractivity contribution in [3.8, 4) is 0 Å². The minimum absolute atomic E-state index is 0. The van der Waals surface area contributed by atoms with E-state index >= 15 is 0 Å². The fourth-order valence-electron chi connectivity index (χ4n) is 0.375. The third kappa shape index (κ3) is 10.8. The predicted octanol–water partition coefficient (Wildman–Crippen LogP) is 0.671. The van der Waals surface area contributed by atoms with Crippen molar-refractivity contribution in [1.29, 1.82) is 0 Å². The van der Waals surface area contributed by atoms with Crippen molar-refractivity contribution < 1.29 is 5.48 Å². The monoisotopic (exact) mass is 211 g/mol. The summed E-state index contributed by atoms with van der Waals surface area (Å²) < 4.78 is 1.44. The Labute approximate surface area is 59.3 Å². The van der Waals surface area contributed by atoms with Crippen molar-refractivity contribution in [2.75, 3.05) is 0 Å². The van der Waals surface area contributed by atoms with Crippen LogP contribution in [0.25, 0.3) is 0 Å². The predicted molar refractivity (Wildman–Crippen MR) is 35.1 cm³/mol. The van der Waals surface area contributed by atoms with E-state index in [1.807, 2.05) is 0 Å². The maximum absolute atomic E-state index is 2.24. The van der Waals surface area contributed by atoms with Crippen LogP contribution in [0.1, 0.15) is 26.2 Å². The van der Waals surface area contributed by atoms with E-state index in [0.717, 1.165) is 0 Å². The summed E-state index contributed by atoms with van der Waals surface area (Å²) in [5.41, 5.74) is 0. The number of hydrogen-bond donors (Lipinski definition) is 0. The van der Waals surface area contributed by atoms with E-state index < -0.39 is 0 Å². The van der Waals surface area contributed by atoms with Gasteiger partial charge in [0.25, 0.3) is 0 Å². The molecule has 0 aliphatic heterocycles. The topological polar surface area (TPSA) is 31.5 Å². The van der Waals surface area contributed by atoms with Gasteiger partial charge in [0.2, 0.25) is 0 Å². The molecule has 0 aromatic rings. The van der Waals surface area contributed by atoms with Crippen molar-refractivity contribution >= 4 is 23.0 Å². The molecule has 1 nitrogen and oxygen atoms in total. The summed E-state index contributed by atoms with van der Waals surface area (Å²) in [6.07, 6.45) is 4.26. The summed E-state index contributed by atoms with van der Waals surface area (Å²) in [4.78, 5) is 0. The number of rotatable bonds is 3. The van der Waals surface area contributed by atoms with Gasteiger partial charge < -0.3 is 5.48 Å². The smallest absolute Gasteiger partial charge is 0.412 e. The molecule has 0 atom stereocenters. The second-order valence-corrected chi connectivity index (χ2v) is 2.88. The quantitative estimate of drug-likeness (QED) is 0.486. The molecule has 0 unspecified atom stereocenters. The van der Waals surface area contributed by atoms with Crippen LogP contribution in [-0.4, -0.2) is 28.5 Å². The molecule has 2 N–H and O–H groups in total. The van der Waals surface area contributed by atoms with Crippen molar-refractivity contribution in [2.24, 2.45) is 0 Å². The first kappa shape index (κ1) is 10.7. The van der Waals surface area contributed by atoms with Gasteiger partial charge in [0.05, 0.1) is 0 Å². The van der Waals surface area contributed by atoms with Crippen molar-refractivity contribution in [1.82, 2.24) is 0 Å². The molecule has 0 aliphatic carbocycles. The van der Waals surface area contributed by atoms with Crippen LogP contribution in [0.2, 0.25) is 4.37 Å². The molecule has 0 spiro atoms. The SMILES string of the molecule is CCCC[CH2][SbH].O. The maximum Gasteiger partial charge on any atom is -0.412 e. The summed E-state index contributed by atoms with van der Waals surface area (Å²) in [6.45, 7) is 2.24. The molecule has 7 heavy (non-hydrogen) atoms. The molecule has 2 heteroatoms. The largest absolute Gasteiger partial charge is 0.412 e. The van der Waals surface area contributed by atoms with Crippen molar-refractivity contribution in [3.63, 3.8) is 0 Å². The average molecular weight is 212 g/mol. The third-order valence-electron chi connectivity index (χ3n) is 0.780. The van der Waals surface area contributed by atoms with Crippen LogP contribution in [0, 0.1) is 0 Å². The van der Waals surface area contributed by atoms with Crippen LogP contribution in [0.3, 0.4) is 0 Å². The van der Waals surface area contributed by atoms with E-state index in [2.05, 4.69) is 6.92 Å². The first-order valence-corrected chi connectivity index (χ1v) is 4.58. The summed E-state index contributed by atoms with van der Waals surface area (Å²) in [6, 6.07) is 0.